The summed E-state index contributed by atoms with van der Waals surface area (Å²) in [6.07, 6.45) is 0. The van der Waals surface area contributed by atoms with Crippen molar-refractivity contribution in [2.75, 3.05) is 4.72 Å². The number of rotatable bonds is 4. The van der Waals surface area contributed by atoms with E-state index in [-0.39, 0.29) is 15.6 Å². The summed E-state index contributed by atoms with van der Waals surface area (Å²) < 4.78 is 39.4. The maximum absolute atomic E-state index is 12.9. The normalized spacial score (nSPS) is 11.3. The monoisotopic (exact) mass is 316 g/mol. The molecule has 0 saturated heterocycles. The fourth-order valence-electron chi connectivity index (χ4n) is 1.57. The second-order valence-electron chi connectivity index (χ2n) is 3.83. The van der Waals surface area contributed by atoms with Crippen LogP contribution in [0, 0.1) is 12.9 Å². The Morgan fingerprint density at radius 1 is 1.45 bits per heavy atom. The number of thiophene rings is 1. The number of carbonyl (C=O) groups is 1. The number of nitrogens with one attached hydrogen (secondary N) is 1. The number of halogens is 1. The van der Waals surface area contributed by atoms with Crippen LogP contribution in [0.2, 0.25) is 0 Å². The minimum Gasteiger partial charge on any atom is -0.477 e. The van der Waals surface area contributed by atoms with E-state index in [0.29, 0.717) is 5.56 Å². The average Bonchev–Trinajstić information content (AvgIpc) is 2.71. The highest BCUT2D eigenvalue weighted by Crippen LogP contribution is 2.28. The van der Waals surface area contributed by atoms with Crippen LogP contribution in [0.1, 0.15) is 15.2 Å². The first-order valence-electron chi connectivity index (χ1n) is 5.28. The van der Waals surface area contributed by atoms with Crippen molar-refractivity contribution in [2.24, 2.45) is 0 Å². The predicted molar refractivity (Wildman–Crippen MR) is 71.0 cm³/mol. The van der Waals surface area contributed by atoms with E-state index >= 15 is 0 Å². The maximum atomic E-state index is 12.9. The van der Waals surface area contributed by atoms with E-state index < -0.39 is 21.9 Å². The molecule has 6 nitrogen and oxygen atoms in total. The molecule has 2 aromatic rings. The molecule has 0 fully saturated rings. The third kappa shape index (κ3) is 2.78. The molecule has 0 aliphatic heterocycles. The van der Waals surface area contributed by atoms with Gasteiger partial charge >= 0.3 is 5.97 Å². The molecule has 0 aliphatic carbocycles. The van der Waals surface area contributed by atoms with Crippen LogP contribution in [0.4, 0.5) is 10.2 Å². The Hall–Kier alpha value is -2.00. The van der Waals surface area contributed by atoms with Crippen molar-refractivity contribution < 1.29 is 22.7 Å². The number of carboxylic acids is 1. The Kier molecular flexibility index (Phi) is 3.73. The van der Waals surface area contributed by atoms with Gasteiger partial charge < -0.3 is 5.11 Å². The van der Waals surface area contributed by atoms with Crippen molar-refractivity contribution in [3.05, 3.63) is 40.0 Å². The molecule has 0 aromatic carbocycles. The van der Waals surface area contributed by atoms with Gasteiger partial charge in [-0.2, -0.15) is 4.39 Å². The van der Waals surface area contributed by atoms with Gasteiger partial charge in [0.25, 0.3) is 10.0 Å². The van der Waals surface area contributed by atoms with Gasteiger partial charge in [0.15, 0.2) is 0 Å². The van der Waals surface area contributed by atoms with Gasteiger partial charge in [-0.25, -0.2) is 18.2 Å². The van der Waals surface area contributed by atoms with Crippen molar-refractivity contribution in [1.29, 1.82) is 0 Å². The minimum atomic E-state index is -4.14. The van der Waals surface area contributed by atoms with Gasteiger partial charge in [0.05, 0.1) is 0 Å². The molecule has 0 amide bonds. The molecule has 20 heavy (non-hydrogen) atoms. The third-order valence-corrected chi connectivity index (χ3v) is 5.09. The zero-order valence-electron chi connectivity index (χ0n) is 10.1. The average molecular weight is 316 g/mol. The van der Waals surface area contributed by atoms with E-state index in [1.54, 1.807) is 0 Å². The summed E-state index contributed by atoms with van der Waals surface area (Å²) in [7, 11) is -4.14. The Morgan fingerprint density at radius 3 is 2.75 bits per heavy atom. The quantitative estimate of drug-likeness (QED) is 0.842. The number of aromatic carboxylic acids is 1. The topological polar surface area (TPSA) is 96.4 Å². The zero-order valence-corrected chi connectivity index (χ0v) is 11.8. The number of nitrogens with zero attached hydrogens (tertiary/aromatic N) is 1. The predicted octanol–water partition coefficient (Wildman–Crippen LogP) is 2.09. The SMILES string of the molecule is Cc1csc(C(=O)O)c1S(=O)(=O)Nc1cccc(F)n1. The smallest absolute Gasteiger partial charge is 0.347 e. The van der Waals surface area contributed by atoms with Crippen LogP contribution in [0.25, 0.3) is 0 Å². The Labute approximate surface area is 118 Å². The molecule has 2 rings (SSSR count). The molecule has 0 saturated carbocycles. The van der Waals surface area contributed by atoms with Gasteiger partial charge in [0.1, 0.15) is 15.6 Å². The molecule has 0 spiro atoms. The molecule has 2 N–H and O–H groups in total. The maximum Gasteiger partial charge on any atom is 0.347 e. The highest BCUT2D eigenvalue weighted by atomic mass is 32.2. The summed E-state index contributed by atoms with van der Waals surface area (Å²) in [5, 5.41) is 10.4. The van der Waals surface area contributed by atoms with E-state index in [9.17, 15) is 17.6 Å². The number of sulfonamides is 1. The lowest BCUT2D eigenvalue weighted by Crippen LogP contribution is -2.17. The molecule has 0 bridgehead atoms. The van der Waals surface area contributed by atoms with Gasteiger partial charge in [-0.3, -0.25) is 4.72 Å². The van der Waals surface area contributed by atoms with Crippen molar-refractivity contribution in [1.82, 2.24) is 4.98 Å². The lowest BCUT2D eigenvalue weighted by atomic mass is 10.3. The molecule has 106 valence electrons. The summed E-state index contributed by atoms with van der Waals surface area (Å²) in [5.41, 5.74) is 0.302. The largest absolute Gasteiger partial charge is 0.477 e. The van der Waals surface area contributed by atoms with E-state index in [1.807, 2.05) is 0 Å². The van der Waals surface area contributed by atoms with Gasteiger partial charge in [0, 0.05) is 0 Å². The molecule has 2 heterocycles. The third-order valence-electron chi connectivity index (χ3n) is 2.33. The van der Waals surface area contributed by atoms with Gasteiger partial charge in [0.2, 0.25) is 5.95 Å². The Bertz CT molecular complexity index is 770. The standard InChI is InChI=1S/C11H9FN2O4S2/c1-6-5-19-9(11(15)16)10(6)20(17,18)14-8-4-2-3-7(12)13-8/h2-5H,1H3,(H,13,14)(H,15,16). The highest BCUT2D eigenvalue weighted by molar-refractivity contribution is 7.93. The molecular weight excluding hydrogens is 307 g/mol. The fraction of sp³-hybridized carbons (Fsp3) is 0.0909. The van der Waals surface area contributed by atoms with Crippen LogP contribution in [0.3, 0.4) is 0 Å². The molecule has 9 heteroatoms. The summed E-state index contributed by atoms with van der Waals surface area (Å²) in [6.45, 7) is 1.48. The molecule has 0 radical (unpaired) electrons. The van der Waals surface area contributed by atoms with Crippen molar-refractivity contribution in [3.8, 4) is 0 Å². The van der Waals surface area contributed by atoms with Crippen LogP contribution >= 0.6 is 11.3 Å². The van der Waals surface area contributed by atoms with Gasteiger partial charge in [-0.1, -0.05) is 6.07 Å². The van der Waals surface area contributed by atoms with Gasteiger partial charge in [-0.15, -0.1) is 11.3 Å². The van der Waals surface area contributed by atoms with Crippen LogP contribution < -0.4 is 4.72 Å². The van der Waals surface area contributed by atoms with E-state index in [2.05, 4.69) is 9.71 Å². The van der Waals surface area contributed by atoms with E-state index in [0.717, 1.165) is 17.4 Å². The van der Waals surface area contributed by atoms with Crippen molar-refractivity contribution in [3.63, 3.8) is 0 Å². The summed E-state index contributed by atoms with van der Waals surface area (Å²) >= 11 is 0.812. The van der Waals surface area contributed by atoms with Crippen LogP contribution in [-0.4, -0.2) is 24.5 Å². The highest BCUT2D eigenvalue weighted by Gasteiger charge is 2.27. The van der Waals surface area contributed by atoms with E-state index in [4.69, 9.17) is 5.11 Å². The first-order valence-corrected chi connectivity index (χ1v) is 7.64. The van der Waals surface area contributed by atoms with Crippen molar-refractivity contribution in [2.45, 2.75) is 11.8 Å². The van der Waals surface area contributed by atoms with Crippen LogP contribution in [-0.2, 0) is 10.0 Å². The van der Waals surface area contributed by atoms with Crippen LogP contribution in [0.5, 0.6) is 0 Å². The second-order valence-corrected chi connectivity index (χ2v) is 6.33. The summed E-state index contributed by atoms with van der Waals surface area (Å²) in [6, 6.07) is 3.62. The molecule has 2 aromatic heterocycles. The van der Waals surface area contributed by atoms with Crippen LogP contribution in [0.15, 0.2) is 28.5 Å². The van der Waals surface area contributed by atoms with Gasteiger partial charge in [-0.05, 0) is 30.0 Å². The lowest BCUT2D eigenvalue weighted by Gasteiger charge is -2.08. The summed E-state index contributed by atoms with van der Waals surface area (Å²) in [4.78, 5) is 13.8. The fourth-order valence-corrected chi connectivity index (χ4v) is 4.20. The second kappa shape index (κ2) is 5.17. The Morgan fingerprint density at radius 2 is 2.15 bits per heavy atom. The molecule has 0 aliphatic rings. The summed E-state index contributed by atoms with van der Waals surface area (Å²) in [5.74, 6) is -2.40. The number of pyridine rings is 1. The Balaban J connectivity index is 2.46. The molecule has 0 unspecified atom stereocenters. The number of anilines is 1. The molecule has 0 atom stereocenters. The number of carboxylic acid groups (broad SMARTS) is 1. The zero-order chi connectivity index (χ0) is 14.9. The number of hydrogen-bond acceptors (Lipinski definition) is 5. The first-order chi connectivity index (χ1) is 9.31. The number of hydrogen-bond donors (Lipinski definition) is 2. The number of aryl methyl sites for hydroxylation is 1. The number of aromatic nitrogens is 1. The van der Waals surface area contributed by atoms with Crippen molar-refractivity contribution >= 4 is 33.1 Å². The first kappa shape index (κ1) is 14.4. The van der Waals surface area contributed by atoms with E-state index in [1.165, 1.54) is 24.4 Å². The lowest BCUT2D eigenvalue weighted by molar-refractivity contribution is 0.0698. The minimum absolute atomic E-state index is 0.216. The molecular formula is C11H9FN2O4S2.